The number of aryl methyl sites for hydroxylation is 1. The molecule has 0 radical (unpaired) electrons. The monoisotopic (exact) mass is 405 g/mol. The Hall–Kier alpha value is -2.35. The molecule has 26 heavy (non-hydrogen) atoms. The topological polar surface area (TPSA) is 75.6 Å². The van der Waals surface area contributed by atoms with E-state index in [4.69, 9.17) is 23.2 Å². The summed E-state index contributed by atoms with van der Waals surface area (Å²) in [6.07, 6.45) is 1.58. The molecule has 1 aromatic carbocycles. The lowest BCUT2D eigenvalue weighted by Crippen LogP contribution is -2.10. The Bertz CT molecular complexity index is 1100. The van der Waals surface area contributed by atoms with Crippen LogP contribution in [-0.4, -0.2) is 25.9 Å². The van der Waals surface area contributed by atoms with E-state index in [9.17, 15) is 4.79 Å². The van der Waals surface area contributed by atoms with E-state index in [1.165, 1.54) is 11.3 Å². The van der Waals surface area contributed by atoms with E-state index in [1.807, 2.05) is 23.7 Å². The molecule has 0 unspecified atom stereocenters. The number of H-pyrrole nitrogens is 1. The van der Waals surface area contributed by atoms with Crippen molar-refractivity contribution in [1.29, 1.82) is 0 Å². The van der Waals surface area contributed by atoms with Crippen molar-refractivity contribution in [3.8, 4) is 0 Å². The van der Waals surface area contributed by atoms with Crippen LogP contribution < -0.4 is 5.32 Å². The third-order valence-electron chi connectivity index (χ3n) is 3.92. The highest BCUT2D eigenvalue weighted by atomic mass is 35.5. The average Bonchev–Trinajstić information content (AvgIpc) is 3.30. The fraction of sp³-hybridized carbons (Fsp3) is 0.118. The molecule has 0 aliphatic heterocycles. The summed E-state index contributed by atoms with van der Waals surface area (Å²) in [5.41, 5.74) is 1.78. The van der Waals surface area contributed by atoms with Crippen LogP contribution in [0.3, 0.4) is 0 Å². The van der Waals surface area contributed by atoms with Crippen LogP contribution in [-0.2, 0) is 6.54 Å². The number of benzene rings is 1. The van der Waals surface area contributed by atoms with Crippen LogP contribution in [0, 0.1) is 6.92 Å². The van der Waals surface area contributed by atoms with Gasteiger partial charge in [0.15, 0.2) is 0 Å². The van der Waals surface area contributed by atoms with E-state index in [1.54, 1.807) is 24.4 Å². The fourth-order valence-electron chi connectivity index (χ4n) is 2.65. The van der Waals surface area contributed by atoms with E-state index in [0.717, 1.165) is 21.5 Å². The molecule has 1 amide bonds. The fourth-order valence-corrected chi connectivity index (χ4v) is 4.18. The van der Waals surface area contributed by atoms with E-state index >= 15 is 0 Å². The second-order valence-corrected chi connectivity index (χ2v) is 7.61. The molecule has 3 heterocycles. The van der Waals surface area contributed by atoms with Gasteiger partial charge in [-0.25, -0.2) is 0 Å². The van der Waals surface area contributed by atoms with Crippen molar-refractivity contribution >= 4 is 56.5 Å². The molecule has 3 aromatic heterocycles. The van der Waals surface area contributed by atoms with Gasteiger partial charge in [-0.05, 0) is 30.7 Å². The number of aromatic nitrogens is 4. The van der Waals surface area contributed by atoms with Crippen molar-refractivity contribution in [1.82, 2.24) is 20.0 Å². The first-order chi connectivity index (χ1) is 12.5. The van der Waals surface area contributed by atoms with Gasteiger partial charge in [0.2, 0.25) is 0 Å². The number of halogens is 2. The smallest absolute Gasteiger partial charge is 0.266 e. The first-order valence-electron chi connectivity index (χ1n) is 7.73. The zero-order chi connectivity index (χ0) is 18.3. The second-order valence-electron chi connectivity index (χ2n) is 5.73. The number of fused-ring (bicyclic) bond motifs is 1. The predicted molar refractivity (Wildman–Crippen MR) is 104 cm³/mol. The highest BCUT2D eigenvalue weighted by molar-refractivity contribution is 7.20. The number of hydrogen-bond donors (Lipinski definition) is 2. The second kappa shape index (κ2) is 6.75. The van der Waals surface area contributed by atoms with Crippen molar-refractivity contribution < 1.29 is 4.79 Å². The van der Waals surface area contributed by atoms with Crippen LogP contribution in [0.15, 0.2) is 36.5 Å². The molecule has 4 aromatic rings. The SMILES string of the molecule is Cc1nn(Cc2ccc(Cl)cc2Cl)c2sc(C(=O)Nc3ccn[nH]3)cc12. The minimum absolute atomic E-state index is 0.189. The van der Waals surface area contributed by atoms with E-state index in [0.29, 0.717) is 27.3 Å². The lowest BCUT2D eigenvalue weighted by Gasteiger charge is -2.06. The van der Waals surface area contributed by atoms with Gasteiger partial charge in [-0.1, -0.05) is 29.3 Å². The summed E-state index contributed by atoms with van der Waals surface area (Å²) in [4.78, 5) is 14.0. The van der Waals surface area contributed by atoms with Gasteiger partial charge in [0, 0.05) is 21.5 Å². The summed E-state index contributed by atoms with van der Waals surface area (Å²) in [6.45, 7) is 2.42. The summed E-state index contributed by atoms with van der Waals surface area (Å²) in [6, 6.07) is 8.94. The zero-order valence-electron chi connectivity index (χ0n) is 13.6. The van der Waals surface area contributed by atoms with Gasteiger partial charge >= 0.3 is 0 Å². The molecule has 0 spiro atoms. The molecule has 0 bridgehead atoms. The van der Waals surface area contributed by atoms with Crippen LogP contribution in [0.2, 0.25) is 10.0 Å². The summed E-state index contributed by atoms with van der Waals surface area (Å²) in [7, 11) is 0. The molecule has 0 aliphatic rings. The van der Waals surface area contributed by atoms with Gasteiger partial charge < -0.3 is 5.32 Å². The molecular weight excluding hydrogens is 393 g/mol. The number of thiophene rings is 1. The summed E-state index contributed by atoms with van der Waals surface area (Å²) in [5.74, 6) is 0.365. The molecule has 0 saturated heterocycles. The van der Waals surface area contributed by atoms with Crippen molar-refractivity contribution in [2.45, 2.75) is 13.5 Å². The Labute approximate surface area is 162 Å². The minimum atomic E-state index is -0.189. The number of carbonyl (C=O) groups excluding carboxylic acids is 1. The van der Waals surface area contributed by atoms with Gasteiger partial charge in [0.05, 0.1) is 23.3 Å². The first kappa shape index (κ1) is 17.1. The minimum Gasteiger partial charge on any atom is -0.306 e. The Morgan fingerprint density at radius 1 is 1.31 bits per heavy atom. The Morgan fingerprint density at radius 3 is 2.88 bits per heavy atom. The number of rotatable bonds is 4. The number of amides is 1. The van der Waals surface area contributed by atoms with E-state index in [2.05, 4.69) is 20.6 Å². The van der Waals surface area contributed by atoms with E-state index < -0.39 is 0 Å². The maximum atomic E-state index is 12.4. The van der Waals surface area contributed by atoms with Crippen molar-refractivity contribution in [2.24, 2.45) is 0 Å². The summed E-state index contributed by atoms with van der Waals surface area (Å²) < 4.78 is 1.86. The van der Waals surface area contributed by atoms with E-state index in [-0.39, 0.29) is 5.91 Å². The lowest BCUT2D eigenvalue weighted by molar-refractivity contribution is 0.103. The molecular formula is C17H13Cl2N5OS. The number of aromatic amines is 1. The molecule has 0 fully saturated rings. The summed E-state index contributed by atoms with van der Waals surface area (Å²) >= 11 is 13.6. The highest BCUT2D eigenvalue weighted by Gasteiger charge is 2.17. The molecule has 2 N–H and O–H groups in total. The van der Waals surface area contributed by atoms with Crippen LogP contribution in [0.25, 0.3) is 10.2 Å². The zero-order valence-corrected chi connectivity index (χ0v) is 15.9. The van der Waals surface area contributed by atoms with Crippen molar-refractivity contribution in [2.75, 3.05) is 5.32 Å². The van der Waals surface area contributed by atoms with Crippen LogP contribution in [0.1, 0.15) is 20.9 Å². The molecule has 9 heteroatoms. The Balaban J connectivity index is 1.66. The van der Waals surface area contributed by atoms with Gasteiger partial charge in [-0.15, -0.1) is 11.3 Å². The summed E-state index contributed by atoms with van der Waals surface area (Å²) in [5, 5.41) is 16.0. The van der Waals surface area contributed by atoms with Gasteiger partial charge in [0.1, 0.15) is 10.6 Å². The van der Waals surface area contributed by atoms with Crippen LogP contribution >= 0.6 is 34.5 Å². The third-order valence-corrected chi connectivity index (χ3v) is 5.65. The Morgan fingerprint density at radius 2 is 2.15 bits per heavy atom. The van der Waals surface area contributed by atoms with Gasteiger partial charge in [0.25, 0.3) is 5.91 Å². The Kier molecular flexibility index (Phi) is 4.44. The third kappa shape index (κ3) is 3.21. The number of hydrogen-bond acceptors (Lipinski definition) is 4. The molecule has 0 saturated carbocycles. The largest absolute Gasteiger partial charge is 0.306 e. The molecule has 132 valence electrons. The van der Waals surface area contributed by atoms with Crippen LogP contribution in [0.5, 0.6) is 0 Å². The molecule has 6 nitrogen and oxygen atoms in total. The molecule has 0 aliphatic carbocycles. The van der Waals surface area contributed by atoms with Gasteiger partial charge in [-0.3, -0.25) is 14.6 Å². The number of anilines is 1. The normalized spacial score (nSPS) is 11.2. The predicted octanol–water partition coefficient (Wildman–Crippen LogP) is 4.74. The number of nitrogens with zero attached hydrogens (tertiary/aromatic N) is 3. The van der Waals surface area contributed by atoms with Crippen molar-refractivity contribution in [3.05, 3.63) is 62.7 Å². The van der Waals surface area contributed by atoms with Crippen molar-refractivity contribution in [3.63, 3.8) is 0 Å². The first-order valence-corrected chi connectivity index (χ1v) is 9.30. The van der Waals surface area contributed by atoms with Crippen LogP contribution in [0.4, 0.5) is 5.82 Å². The number of nitrogens with one attached hydrogen (secondary N) is 2. The molecule has 0 atom stereocenters. The standard InChI is InChI=1S/C17H13Cl2N5OS/c1-9-12-7-14(16(25)21-15-4-5-20-22-15)26-17(12)24(23-9)8-10-2-3-11(18)6-13(10)19/h2-7H,8H2,1H3,(H2,20,21,22,25). The molecule has 4 rings (SSSR count). The maximum absolute atomic E-state index is 12.4. The quantitative estimate of drug-likeness (QED) is 0.514. The lowest BCUT2D eigenvalue weighted by atomic mass is 10.2. The average molecular weight is 406 g/mol. The highest BCUT2D eigenvalue weighted by Crippen LogP contribution is 2.30. The maximum Gasteiger partial charge on any atom is 0.266 e. The number of carbonyl (C=O) groups is 1. The van der Waals surface area contributed by atoms with Gasteiger partial charge in [-0.2, -0.15) is 10.2 Å².